The van der Waals surface area contributed by atoms with E-state index < -0.39 is 0 Å². The van der Waals surface area contributed by atoms with Gasteiger partial charge in [0, 0.05) is 62.8 Å². The molecule has 2 fully saturated rings. The first kappa shape index (κ1) is 19.3. The maximum Gasteiger partial charge on any atom is 0.193 e. The van der Waals surface area contributed by atoms with Crippen LogP contribution in [-0.2, 0) is 12.0 Å². The van der Waals surface area contributed by atoms with Crippen LogP contribution in [0.3, 0.4) is 0 Å². The highest BCUT2D eigenvalue weighted by atomic mass is 35.5. The van der Waals surface area contributed by atoms with Crippen molar-refractivity contribution in [2.45, 2.75) is 31.2 Å². The van der Waals surface area contributed by atoms with Crippen LogP contribution in [0.5, 0.6) is 0 Å². The van der Waals surface area contributed by atoms with Gasteiger partial charge in [0.05, 0.1) is 5.69 Å². The van der Waals surface area contributed by atoms with Gasteiger partial charge in [-0.05, 0) is 30.5 Å². The van der Waals surface area contributed by atoms with Crippen LogP contribution in [0, 0.1) is 0 Å². The molecule has 0 unspecified atom stereocenters. The van der Waals surface area contributed by atoms with E-state index >= 15 is 0 Å². The normalized spacial score (nSPS) is 20.1. The van der Waals surface area contributed by atoms with Gasteiger partial charge >= 0.3 is 0 Å². The topological polar surface area (TPSA) is 56.9 Å². The van der Waals surface area contributed by atoms with Crippen molar-refractivity contribution < 1.29 is 4.52 Å². The molecular formula is C21H28ClN5O. The Morgan fingerprint density at radius 2 is 1.93 bits per heavy atom. The largest absolute Gasteiger partial charge is 0.364 e. The molecule has 6 nitrogen and oxygen atoms in total. The first-order chi connectivity index (χ1) is 13.7. The quantitative estimate of drug-likeness (QED) is 0.616. The average molecular weight is 402 g/mol. The van der Waals surface area contributed by atoms with Gasteiger partial charge in [-0.2, -0.15) is 0 Å². The summed E-state index contributed by atoms with van der Waals surface area (Å²) in [6.07, 6.45) is 5.34. The zero-order valence-corrected chi connectivity index (χ0v) is 17.2. The standard InChI is InChI=1S/C21H28ClN5O/c1-23-20(27-12-10-26(11-13-27)15-19-7-14-28-25-19)24-16-21(8-2-9-21)17-3-5-18(22)6-4-17/h3-7,14H,2,8-13,15-16H2,1H3,(H,23,24). The number of hydrogen-bond donors (Lipinski definition) is 1. The maximum atomic E-state index is 6.08. The number of nitrogens with zero attached hydrogens (tertiary/aromatic N) is 4. The minimum absolute atomic E-state index is 0.204. The predicted molar refractivity (Wildman–Crippen MR) is 112 cm³/mol. The van der Waals surface area contributed by atoms with E-state index in [0.717, 1.165) is 55.9 Å². The Hall–Kier alpha value is -2.05. The molecule has 0 bridgehead atoms. The van der Waals surface area contributed by atoms with Crippen molar-refractivity contribution in [3.63, 3.8) is 0 Å². The van der Waals surface area contributed by atoms with Gasteiger partial charge in [0.1, 0.15) is 6.26 Å². The molecule has 1 saturated heterocycles. The molecule has 2 heterocycles. The van der Waals surface area contributed by atoms with Gasteiger partial charge in [0.25, 0.3) is 0 Å². The van der Waals surface area contributed by atoms with Crippen LogP contribution in [0.2, 0.25) is 5.02 Å². The third-order valence-corrected chi connectivity index (χ3v) is 6.36. The van der Waals surface area contributed by atoms with Gasteiger partial charge in [-0.1, -0.05) is 35.3 Å². The van der Waals surface area contributed by atoms with Crippen LogP contribution in [0.1, 0.15) is 30.5 Å². The summed E-state index contributed by atoms with van der Waals surface area (Å²) in [6, 6.07) is 10.3. The molecule has 1 aromatic carbocycles. The molecule has 2 aliphatic rings. The molecule has 0 atom stereocenters. The van der Waals surface area contributed by atoms with Crippen LogP contribution in [-0.4, -0.2) is 60.7 Å². The fraction of sp³-hybridized carbons (Fsp3) is 0.524. The monoisotopic (exact) mass is 401 g/mol. The molecule has 1 aromatic heterocycles. The van der Waals surface area contributed by atoms with E-state index in [9.17, 15) is 0 Å². The zero-order chi connectivity index (χ0) is 19.4. The van der Waals surface area contributed by atoms with Crippen molar-refractivity contribution in [3.05, 3.63) is 52.9 Å². The van der Waals surface area contributed by atoms with Crippen LogP contribution < -0.4 is 5.32 Å². The van der Waals surface area contributed by atoms with Gasteiger partial charge in [-0.25, -0.2) is 0 Å². The number of aliphatic imine (C=N–C) groups is 1. The fourth-order valence-electron chi connectivity index (χ4n) is 4.22. The van der Waals surface area contributed by atoms with Gasteiger partial charge in [-0.15, -0.1) is 0 Å². The first-order valence-electron chi connectivity index (χ1n) is 10.0. The number of guanidine groups is 1. The minimum Gasteiger partial charge on any atom is -0.364 e. The summed E-state index contributed by atoms with van der Waals surface area (Å²) in [4.78, 5) is 9.31. The van der Waals surface area contributed by atoms with E-state index in [0.29, 0.717) is 0 Å². The van der Waals surface area contributed by atoms with Crippen LogP contribution in [0.4, 0.5) is 0 Å². The lowest BCUT2D eigenvalue weighted by Gasteiger charge is -2.44. The van der Waals surface area contributed by atoms with Crippen molar-refractivity contribution in [1.29, 1.82) is 0 Å². The molecule has 1 aliphatic heterocycles. The molecule has 0 spiro atoms. The van der Waals surface area contributed by atoms with Crippen LogP contribution >= 0.6 is 11.6 Å². The number of benzene rings is 1. The maximum absolute atomic E-state index is 6.08. The minimum atomic E-state index is 0.204. The van der Waals surface area contributed by atoms with E-state index in [1.807, 2.05) is 25.2 Å². The second kappa shape index (κ2) is 8.53. The van der Waals surface area contributed by atoms with Crippen molar-refractivity contribution in [3.8, 4) is 0 Å². The Labute approximate surface area is 171 Å². The molecule has 1 saturated carbocycles. The highest BCUT2D eigenvalue weighted by molar-refractivity contribution is 6.30. The van der Waals surface area contributed by atoms with E-state index in [1.165, 1.54) is 24.8 Å². The Bertz CT molecular complexity index is 778. The van der Waals surface area contributed by atoms with Gasteiger partial charge in [0.2, 0.25) is 0 Å². The second-order valence-corrected chi connectivity index (χ2v) is 8.23. The molecule has 4 rings (SSSR count). The SMILES string of the molecule is CN=C(NCC1(c2ccc(Cl)cc2)CCC1)N1CCN(Cc2ccon2)CC1. The summed E-state index contributed by atoms with van der Waals surface area (Å²) in [7, 11) is 1.87. The van der Waals surface area contributed by atoms with E-state index in [1.54, 1.807) is 6.26 Å². The Kier molecular flexibility index (Phi) is 5.87. The Balaban J connectivity index is 1.32. The molecular weight excluding hydrogens is 374 g/mol. The Morgan fingerprint density at radius 3 is 2.50 bits per heavy atom. The van der Waals surface area contributed by atoms with Crippen molar-refractivity contribution in [2.24, 2.45) is 4.99 Å². The molecule has 150 valence electrons. The third kappa shape index (κ3) is 4.18. The molecule has 0 radical (unpaired) electrons. The molecule has 0 amide bonds. The van der Waals surface area contributed by atoms with E-state index in [-0.39, 0.29) is 5.41 Å². The molecule has 1 aliphatic carbocycles. The van der Waals surface area contributed by atoms with Crippen LogP contribution in [0.25, 0.3) is 0 Å². The number of rotatable bonds is 5. The fourth-order valence-corrected chi connectivity index (χ4v) is 4.35. The zero-order valence-electron chi connectivity index (χ0n) is 16.4. The predicted octanol–water partition coefficient (Wildman–Crippen LogP) is 3.14. The summed E-state index contributed by atoms with van der Waals surface area (Å²) >= 11 is 6.08. The number of aromatic nitrogens is 1. The third-order valence-electron chi connectivity index (χ3n) is 6.11. The van der Waals surface area contributed by atoms with Gasteiger partial charge in [0.15, 0.2) is 5.96 Å². The highest BCUT2D eigenvalue weighted by Crippen LogP contribution is 2.43. The lowest BCUT2D eigenvalue weighted by molar-refractivity contribution is 0.167. The van der Waals surface area contributed by atoms with Crippen LogP contribution in [0.15, 0.2) is 46.1 Å². The summed E-state index contributed by atoms with van der Waals surface area (Å²) in [5, 5.41) is 8.46. The van der Waals surface area contributed by atoms with E-state index in [4.69, 9.17) is 16.1 Å². The summed E-state index contributed by atoms with van der Waals surface area (Å²) < 4.78 is 4.93. The number of halogens is 1. The number of nitrogens with one attached hydrogen (secondary N) is 1. The van der Waals surface area contributed by atoms with Gasteiger partial charge in [-0.3, -0.25) is 9.89 Å². The van der Waals surface area contributed by atoms with Gasteiger partial charge < -0.3 is 14.7 Å². The molecule has 28 heavy (non-hydrogen) atoms. The summed E-state index contributed by atoms with van der Waals surface area (Å²) in [5.41, 5.74) is 2.57. The lowest BCUT2D eigenvalue weighted by atomic mass is 9.64. The summed E-state index contributed by atoms with van der Waals surface area (Å²) in [6.45, 7) is 5.68. The van der Waals surface area contributed by atoms with E-state index in [2.05, 4.69) is 37.4 Å². The molecule has 7 heteroatoms. The summed E-state index contributed by atoms with van der Waals surface area (Å²) in [5.74, 6) is 1.00. The average Bonchev–Trinajstić information content (AvgIpc) is 3.19. The lowest BCUT2D eigenvalue weighted by Crippen LogP contribution is -2.55. The smallest absolute Gasteiger partial charge is 0.193 e. The molecule has 1 N–H and O–H groups in total. The van der Waals surface area contributed by atoms with Crippen molar-refractivity contribution >= 4 is 17.6 Å². The second-order valence-electron chi connectivity index (χ2n) is 7.80. The number of piperazine rings is 1. The first-order valence-corrected chi connectivity index (χ1v) is 10.4. The Morgan fingerprint density at radius 1 is 1.18 bits per heavy atom. The molecule has 2 aromatic rings. The highest BCUT2D eigenvalue weighted by Gasteiger charge is 2.39. The number of hydrogen-bond acceptors (Lipinski definition) is 4. The van der Waals surface area contributed by atoms with Crippen molar-refractivity contribution in [1.82, 2.24) is 20.3 Å². The van der Waals surface area contributed by atoms with Crippen molar-refractivity contribution in [2.75, 3.05) is 39.8 Å².